The molecule has 0 unspecified atom stereocenters. The highest BCUT2D eigenvalue weighted by Crippen LogP contribution is 2.29. The number of furan rings is 1. The van der Waals surface area contributed by atoms with Crippen molar-refractivity contribution in [2.75, 3.05) is 20.1 Å². The van der Waals surface area contributed by atoms with Crippen molar-refractivity contribution in [1.82, 2.24) is 20.0 Å². The van der Waals surface area contributed by atoms with Crippen LogP contribution in [0.15, 0.2) is 45.2 Å². The van der Waals surface area contributed by atoms with Crippen molar-refractivity contribution in [2.45, 2.75) is 33.9 Å². The summed E-state index contributed by atoms with van der Waals surface area (Å²) < 4.78 is 11.5. The van der Waals surface area contributed by atoms with E-state index in [4.69, 9.17) is 8.83 Å². The van der Waals surface area contributed by atoms with Crippen LogP contribution >= 0.6 is 0 Å². The zero-order valence-electron chi connectivity index (χ0n) is 16.8. The molecule has 0 aliphatic heterocycles. The smallest absolute Gasteiger partial charge is 0.258 e. The van der Waals surface area contributed by atoms with Crippen LogP contribution in [0.5, 0.6) is 0 Å². The first-order valence-electron chi connectivity index (χ1n) is 9.46. The molecule has 0 aliphatic carbocycles. The predicted molar refractivity (Wildman–Crippen MR) is 106 cm³/mol. The van der Waals surface area contributed by atoms with Gasteiger partial charge in [0.25, 0.3) is 5.91 Å². The fourth-order valence-corrected chi connectivity index (χ4v) is 3.03. The van der Waals surface area contributed by atoms with Gasteiger partial charge in [-0.3, -0.25) is 9.69 Å². The minimum Gasteiger partial charge on any atom is -0.459 e. The molecular weight excluding hydrogens is 356 g/mol. The van der Waals surface area contributed by atoms with Crippen LogP contribution in [0.4, 0.5) is 0 Å². The molecule has 0 spiro atoms. The highest BCUT2D eigenvalue weighted by Gasteiger charge is 2.24. The number of amides is 1. The van der Waals surface area contributed by atoms with Gasteiger partial charge < -0.3 is 13.7 Å². The summed E-state index contributed by atoms with van der Waals surface area (Å²) in [4.78, 5) is 17.0. The topological polar surface area (TPSA) is 75.6 Å². The molecule has 0 fully saturated rings. The summed E-state index contributed by atoms with van der Waals surface area (Å²) in [5, 5.41) is 7.78. The van der Waals surface area contributed by atoms with Crippen LogP contribution in [-0.2, 0) is 13.1 Å². The molecule has 7 heteroatoms. The zero-order chi connectivity index (χ0) is 20.1. The maximum Gasteiger partial charge on any atom is 0.258 e. The average Bonchev–Trinajstić information content (AvgIpc) is 3.32. The van der Waals surface area contributed by atoms with Crippen molar-refractivity contribution in [3.63, 3.8) is 0 Å². The normalized spacial score (nSPS) is 11.2. The lowest BCUT2D eigenvalue weighted by Gasteiger charge is -2.15. The lowest BCUT2D eigenvalue weighted by molar-refractivity contribution is 0.0772. The third-order valence-corrected chi connectivity index (χ3v) is 4.61. The van der Waals surface area contributed by atoms with Crippen LogP contribution in [-0.4, -0.2) is 46.0 Å². The van der Waals surface area contributed by atoms with Gasteiger partial charge in [-0.25, -0.2) is 0 Å². The molecule has 0 radical (unpaired) electrons. The van der Waals surface area contributed by atoms with E-state index in [1.807, 2.05) is 36.4 Å². The summed E-state index contributed by atoms with van der Waals surface area (Å²) in [6.45, 7) is 8.67. The molecule has 0 atom stereocenters. The van der Waals surface area contributed by atoms with E-state index in [1.165, 1.54) is 0 Å². The Hall–Kier alpha value is -2.93. The minimum absolute atomic E-state index is 0.149. The van der Waals surface area contributed by atoms with Crippen LogP contribution in [0.3, 0.4) is 0 Å². The molecule has 148 valence electrons. The molecule has 0 bridgehead atoms. The number of carbonyl (C=O) groups excluding carboxylic acids is 1. The number of rotatable bonds is 8. The van der Waals surface area contributed by atoms with E-state index in [-0.39, 0.29) is 12.5 Å². The monoisotopic (exact) mass is 382 g/mol. The molecule has 1 aromatic carbocycles. The number of hydrogen-bond donors (Lipinski definition) is 0. The van der Waals surface area contributed by atoms with Gasteiger partial charge in [-0.2, -0.15) is 0 Å². The van der Waals surface area contributed by atoms with Gasteiger partial charge in [-0.05, 0) is 19.2 Å². The van der Waals surface area contributed by atoms with Gasteiger partial charge >= 0.3 is 0 Å². The Morgan fingerprint density at radius 1 is 1.04 bits per heavy atom. The van der Waals surface area contributed by atoms with E-state index in [2.05, 4.69) is 28.9 Å². The number of nitrogens with zero attached hydrogens (tertiary/aromatic N) is 4. The molecule has 0 aliphatic rings. The van der Waals surface area contributed by atoms with Crippen LogP contribution in [0.2, 0.25) is 0 Å². The van der Waals surface area contributed by atoms with Gasteiger partial charge in [0.05, 0.1) is 18.7 Å². The largest absolute Gasteiger partial charge is 0.459 e. The van der Waals surface area contributed by atoms with E-state index >= 15 is 0 Å². The molecule has 2 heterocycles. The third kappa shape index (κ3) is 4.48. The van der Waals surface area contributed by atoms with Crippen molar-refractivity contribution in [2.24, 2.45) is 0 Å². The first kappa shape index (κ1) is 19.8. The van der Waals surface area contributed by atoms with Crippen molar-refractivity contribution < 1.29 is 13.6 Å². The Balaban J connectivity index is 1.90. The third-order valence-electron chi connectivity index (χ3n) is 4.61. The van der Waals surface area contributed by atoms with Gasteiger partial charge in [0.15, 0.2) is 0 Å². The van der Waals surface area contributed by atoms with Crippen LogP contribution in [0, 0.1) is 6.92 Å². The predicted octanol–water partition coefficient (Wildman–Crippen LogP) is 3.75. The van der Waals surface area contributed by atoms with E-state index in [1.54, 1.807) is 18.9 Å². The van der Waals surface area contributed by atoms with Crippen LogP contribution < -0.4 is 0 Å². The summed E-state index contributed by atoms with van der Waals surface area (Å²) in [5.74, 6) is 2.09. The van der Waals surface area contributed by atoms with Gasteiger partial charge in [-0.1, -0.05) is 44.2 Å². The first-order valence-corrected chi connectivity index (χ1v) is 9.46. The maximum atomic E-state index is 13.2. The first-order chi connectivity index (χ1) is 13.5. The highest BCUT2D eigenvalue weighted by molar-refractivity contribution is 5.99. The average molecular weight is 382 g/mol. The van der Waals surface area contributed by atoms with E-state index in [9.17, 15) is 4.79 Å². The van der Waals surface area contributed by atoms with Crippen LogP contribution in [0.25, 0.3) is 11.3 Å². The van der Waals surface area contributed by atoms with Crippen molar-refractivity contribution in [1.29, 1.82) is 0 Å². The molecule has 3 aromatic rings. The highest BCUT2D eigenvalue weighted by atomic mass is 16.4. The lowest BCUT2D eigenvalue weighted by atomic mass is 10.1. The lowest BCUT2D eigenvalue weighted by Crippen LogP contribution is -2.26. The molecule has 2 aromatic heterocycles. The number of benzene rings is 1. The molecule has 0 N–H and O–H groups in total. The molecule has 0 saturated heterocycles. The van der Waals surface area contributed by atoms with Gasteiger partial charge in [0.1, 0.15) is 11.5 Å². The SMILES string of the molecule is CCN(CC)Cc1cc(C(=O)N(C)Cc2nnc(C)o2)c(-c2ccccc2)o1. The summed E-state index contributed by atoms with van der Waals surface area (Å²) >= 11 is 0. The number of hydrogen-bond acceptors (Lipinski definition) is 6. The summed E-state index contributed by atoms with van der Waals surface area (Å²) in [6.07, 6.45) is 0. The molecule has 28 heavy (non-hydrogen) atoms. The minimum atomic E-state index is -0.149. The molecule has 0 saturated carbocycles. The van der Waals surface area contributed by atoms with Crippen molar-refractivity contribution >= 4 is 5.91 Å². The van der Waals surface area contributed by atoms with Gasteiger partial charge in [-0.15, -0.1) is 10.2 Å². The number of carbonyl (C=O) groups is 1. The molecule has 7 nitrogen and oxygen atoms in total. The second-order valence-electron chi connectivity index (χ2n) is 6.66. The quantitative estimate of drug-likeness (QED) is 0.591. The standard InChI is InChI=1S/C21H26N4O3/c1-5-25(6-2)13-17-12-18(20(28-17)16-10-8-7-9-11-16)21(26)24(4)14-19-23-22-15(3)27-19/h7-12H,5-6,13-14H2,1-4H3. The zero-order valence-corrected chi connectivity index (χ0v) is 16.8. The Labute approximate surface area is 165 Å². The number of aryl methyl sites for hydroxylation is 1. The van der Waals surface area contributed by atoms with E-state index in [0.717, 1.165) is 24.4 Å². The van der Waals surface area contributed by atoms with E-state index in [0.29, 0.717) is 29.6 Å². The Bertz CT molecular complexity index is 913. The van der Waals surface area contributed by atoms with E-state index < -0.39 is 0 Å². The summed E-state index contributed by atoms with van der Waals surface area (Å²) in [7, 11) is 1.72. The van der Waals surface area contributed by atoms with Crippen molar-refractivity contribution in [3.8, 4) is 11.3 Å². The number of aromatic nitrogens is 2. The fraction of sp³-hybridized carbons (Fsp3) is 0.381. The Morgan fingerprint density at radius 3 is 2.36 bits per heavy atom. The van der Waals surface area contributed by atoms with Gasteiger partial charge in [0, 0.05) is 19.5 Å². The maximum absolute atomic E-state index is 13.2. The Kier molecular flexibility index (Phi) is 6.26. The molecule has 3 rings (SSSR count). The van der Waals surface area contributed by atoms with Crippen molar-refractivity contribution in [3.05, 3.63) is 59.5 Å². The fourth-order valence-electron chi connectivity index (χ4n) is 3.03. The second-order valence-corrected chi connectivity index (χ2v) is 6.66. The molecular formula is C21H26N4O3. The summed E-state index contributed by atoms with van der Waals surface area (Å²) in [6, 6.07) is 11.5. The second kappa shape index (κ2) is 8.84. The van der Waals surface area contributed by atoms with Crippen LogP contribution in [0.1, 0.15) is 41.7 Å². The Morgan fingerprint density at radius 2 is 1.75 bits per heavy atom. The molecule has 1 amide bonds. The van der Waals surface area contributed by atoms with Gasteiger partial charge in [0.2, 0.25) is 11.8 Å². The summed E-state index contributed by atoms with van der Waals surface area (Å²) in [5.41, 5.74) is 1.41.